The van der Waals surface area contributed by atoms with Crippen molar-refractivity contribution in [2.75, 3.05) is 32.8 Å². The summed E-state index contributed by atoms with van der Waals surface area (Å²) in [5.41, 5.74) is 2.71. The summed E-state index contributed by atoms with van der Waals surface area (Å²) in [5, 5.41) is 3.85. The van der Waals surface area contributed by atoms with E-state index in [1.54, 1.807) is 4.90 Å². The standard InChI is InChI=1S/C23H40N4O5/c1-3-5-12-19(20(28)21(29)24-13-6-4-2)27(22(30)18-10-8-7-9-11-18)25-23(31)26-14-16-32-17-15-26/h18-19H,3-17H2,1-2H3,(H,24,29)(H,25,31)/t19-/m0/s1. The largest absolute Gasteiger partial charge is 0.378 e. The van der Waals surface area contributed by atoms with E-state index in [4.69, 9.17) is 4.74 Å². The van der Waals surface area contributed by atoms with E-state index in [1.165, 1.54) is 5.01 Å². The van der Waals surface area contributed by atoms with E-state index in [2.05, 4.69) is 10.7 Å². The number of hydrogen-bond acceptors (Lipinski definition) is 5. The van der Waals surface area contributed by atoms with E-state index in [1.807, 2.05) is 13.8 Å². The van der Waals surface area contributed by atoms with Gasteiger partial charge in [0, 0.05) is 25.6 Å². The molecule has 1 aliphatic heterocycles. The van der Waals surface area contributed by atoms with Crippen LogP contribution in [-0.4, -0.2) is 72.4 Å². The Bertz CT molecular complexity index is 630. The second-order valence-corrected chi connectivity index (χ2v) is 8.69. The van der Waals surface area contributed by atoms with E-state index in [9.17, 15) is 19.2 Å². The summed E-state index contributed by atoms with van der Waals surface area (Å²) >= 11 is 0. The number of carbonyl (C=O) groups excluding carboxylic acids is 4. The Morgan fingerprint density at radius 1 is 1.00 bits per heavy atom. The van der Waals surface area contributed by atoms with Gasteiger partial charge in [0.15, 0.2) is 0 Å². The minimum Gasteiger partial charge on any atom is -0.378 e. The van der Waals surface area contributed by atoms with Crippen molar-refractivity contribution in [2.45, 2.75) is 84.1 Å². The number of nitrogens with zero attached hydrogens (tertiary/aromatic N) is 2. The molecule has 0 radical (unpaired) electrons. The molecule has 4 amide bonds. The first-order valence-corrected chi connectivity index (χ1v) is 12.3. The quantitative estimate of drug-likeness (QED) is 0.301. The summed E-state index contributed by atoms with van der Waals surface area (Å²) in [6.07, 6.45) is 7.94. The van der Waals surface area contributed by atoms with Gasteiger partial charge in [-0.1, -0.05) is 52.4 Å². The zero-order valence-electron chi connectivity index (χ0n) is 19.7. The molecule has 182 valence electrons. The Morgan fingerprint density at radius 2 is 1.66 bits per heavy atom. The first kappa shape index (κ1) is 26.1. The van der Waals surface area contributed by atoms with Gasteiger partial charge in [0.05, 0.1) is 13.2 Å². The van der Waals surface area contributed by atoms with Crippen molar-refractivity contribution in [1.82, 2.24) is 20.7 Å². The molecule has 0 spiro atoms. The molecule has 2 aliphatic rings. The van der Waals surface area contributed by atoms with Gasteiger partial charge < -0.3 is 15.0 Å². The molecule has 32 heavy (non-hydrogen) atoms. The van der Waals surface area contributed by atoms with Crippen molar-refractivity contribution < 1.29 is 23.9 Å². The second-order valence-electron chi connectivity index (χ2n) is 8.69. The van der Waals surface area contributed by atoms with Crippen LogP contribution in [0.5, 0.6) is 0 Å². The Labute approximate surface area is 191 Å². The Hall–Kier alpha value is -2.16. The van der Waals surface area contributed by atoms with Crippen molar-refractivity contribution in [3.05, 3.63) is 0 Å². The molecule has 0 bridgehead atoms. The van der Waals surface area contributed by atoms with Crippen LogP contribution in [0.3, 0.4) is 0 Å². The lowest BCUT2D eigenvalue weighted by Gasteiger charge is -2.36. The van der Waals surface area contributed by atoms with Crippen LogP contribution in [0.1, 0.15) is 78.1 Å². The third-order valence-electron chi connectivity index (χ3n) is 6.19. The molecule has 1 aliphatic carbocycles. The molecule has 9 nitrogen and oxygen atoms in total. The topological polar surface area (TPSA) is 108 Å². The minimum absolute atomic E-state index is 0.242. The number of amides is 4. The summed E-state index contributed by atoms with van der Waals surface area (Å²) < 4.78 is 5.31. The second kappa shape index (κ2) is 14.1. The van der Waals surface area contributed by atoms with E-state index in [0.29, 0.717) is 45.7 Å². The monoisotopic (exact) mass is 452 g/mol. The van der Waals surface area contributed by atoms with Gasteiger partial charge in [-0.05, 0) is 25.7 Å². The third kappa shape index (κ3) is 7.76. The fourth-order valence-electron chi connectivity index (χ4n) is 4.17. The Kier molecular flexibility index (Phi) is 11.5. The molecule has 1 saturated carbocycles. The average Bonchev–Trinajstić information content (AvgIpc) is 2.83. The van der Waals surface area contributed by atoms with E-state index in [-0.39, 0.29) is 11.8 Å². The molecule has 0 aromatic rings. The molecule has 1 heterocycles. The molecule has 2 N–H and O–H groups in total. The lowest BCUT2D eigenvalue weighted by Crippen LogP contribution is -2.61. The van der Waals surface area contributed by atoms with Gasteiger partial charge in [0.2, 0.25) is 11.7 Å². The van der Waals surface area contributed by atoms with Crippen LogP contribution in [-0.2, 0) is 19.1 Å². The van der Waals surface area contributed by atoms with Crippen molar-refractivity contribution >= 4 is 23.6 Å². The number of Topliss-reactive ketones (excluding diaryl/α,β-unsaturated/α-hetero) is 1. The number of hydrogen-bond donors (Lipinski definition) is 2. The van der Waals surface area contributed by atoms with Crippen LogP contribution in [0.2, 0.25) is 0 Å². The van der Waals surface area contributed by atoms with Crippen molar-refractivity contribution in [1.29, 1.82) is 0 Å². The highest BCUT2D eigenvalue weighted by molar-refractivity contribution is 6.38. The van der Waals surface area contributed by atoms with Crippen LogP contribution in [0.25, 0.3) is 0 Å². The molecule has 0 aromatic heterocycles. The average molecular weight is 453 g/mol. The van der Waals surface area contributed by atoms with Crippen molar-refractivity contribution in [2.24, 2.45) is 5.92 Å². The van der Waals surface area contributed by atoms with Gasteiger partial charge >= 0.3 is 6.03 Å². The number of ketones is 1. The zero-order valence-corrected chi connectivity index (χ0v) is 19.7. The first-order valence-electron chi connectivity index (χ1n) is 12.3. The number of morpholine rings is 1. The van der Waals surface area contributed by atoms with Gasteiger partial charge in [0.25, 0.3) is 5.91 Å². The number of unbranched alkanes of at least 4 members (excludes halogenated alkanes) is 2. The number of nitrogens with one attached hydrogen (secondary N) is 2. The maximum absolute atomic E-state index is 13.5. The highest BCUT2D eigenvalue weighted by Crippen LogP contribution is 2.26. The lowest BCUT2D eigenvalue weighted by molar-refractivity contribution is -0.150. The fourth-order valence-corrected chi connectivity index (χ4v) is 4.17. The van der Waals surface area contributed by atoms with Gasteiger partial charge in [0.1, 0.15) is 6.04 Å². The van der Waals surface area contributed by atoms with Crippen LogP contribution < -0.4 is 10.7 Å². The molecular formula is C23H40N4O5. The van der Waals surface area contributed by atoms with Crippen molar-refractivity contribution in [3.63, 3.8) is 0 Å². The minimum atomic E-state index is -1.00. The third-order valence-corrected chi connectivity index (χ3v) is 6.19. The van der Waals surface area contributed by atoms with Gasteiger partial charge in [-0.3, -0.25) is 14.4 Å². The highest BCUT2D eigenvalue weighted by atomic mass is 16.5. The molecule has 2 fully saturated rings. The maximum Gasteiger partial charge on any atom is 0.336 e. The summed E-state index contributed by atoms with van der Waals surface area (Å²) in [6, 6.07) is -1.44. The van der Waals surface area contributed by atoms with Crippen LogP contribution >= 0.6 is 0 Å². The van der Waals surface area contributed by atoms with Crippen LogP contribution in [0.15, 0.2) is 0 Å². The first-order chi connectivity index (χ1) is 15.5. The smallest absolute Gasteiger partial charge is 0.336 e. The van der Waals surface area contributed by atoms with Gasteiger partial charge in [-0.25, -0.2) is 15.2 Å². The maximum atomic E-state index is 13.5. The molecule has 2 rings (SSSR count). The Morgan fingerprint density at radius 3 is 2.28 bits per heavy atom. The number of rotatable bonds is 10. The molecule has 1 atom stereocenters. The fraction of sp³-hybridized carbons (Fsp3) is 0.826. The zero-order chi connectivity index (χ0) is 23.3. The molecular weight excluding hydrogens is 412 g/mol. The highest BCUT2D eigenvalue weighted by Gasteiger charge is 2.38. The Balaban J connectivity index is 2.23. The van der Waals surface area contributed by atoms with Crippen molar-refractivity contribution in [3.8, 4) is 0 Å². The molecule has 9 heteroatoms. The van der Waals surface area contributed by atoms with E-state index in [0.717, 1.165) is 51.4 Å². The number of ether oxygens (including phenoxy) is 1. The van der Waals surface area contributed by atoms with Crippen LogP contribution in [0.4, 0.5) is 4.79 Å². The summed E-state index contributed by atoms with van der Waals surface area (Å²) in [6.45, 7) is 6.11. The van der Waals surface area contributed by atoms with E-state index < -0.39 is 23.8 Å². The molecule has 0 aromatic carbocycles. The number of hydrazine groups is 1. The molecule has 0 unspecified atom stereocenters. The molecule has 1 saturated heterocycles. The predicted octanol–water partition coefficient (Wildman–Crippen LogP) is 2.40. The number of urea groups is 1. The van der Waals surface area contributed by atoms with Gasteiger partial charge in [-0.2, -0.15) is 0 Å². The lowest BCUT2D eigenvalue weighted by atomic mass is 9.88. The van der Waals surface area contributed by atoms with Crippen LogP contribution in [0, 0.1) is 5.92 Å². The van der Waals surface area contributed by atoms with E-state index >= 15 is 0 Å². The predicted molar refractivity (Wildman–Crippen MR) is 121 cm³/mol. The summed E-state index contributed by atoms with van der Waals surface area (Å²) in [7, 11) is 0. The number of carbonyl (C=O) groups is 4. The van der Waals surface area contributed by atoms with Gasteiger partial charge in [-0.15, -0.1) is 0 Å². The normalized spacial score (nSPS) is 18.0. The summed E-state index contributed by atoms with van der Waals surface area (Å²) in [4.78, 5) is 53.7. The summed E-state index contributed by atoms with van der Waals surface area (Å²) in [5.74, 6) is -1.86. The SMILES string of the molecule is CCCCNC(=O)C(=O)[C@H](CCCC)N(NC(=O)N1CCOCC1)C(=O)C1CCCCC1.